The van der Waals surface area contributed by atoms with E-state index in [1.54, 1.807) is 0 Å². The van der Waals surface area contributed by atoms with Gasteiger partial charge in [-0.2, -0.15) is 0 Å². The third-order valence-electron chi connectivity index (χ3n) is 22.8. The van der Waals surface area contributed by atoms with E-state index in [2.05, 4.69) is 262 Å². The zero-order chi connectivity index (χ0) is 57.7. The van der Waals surface area contributed by atoms with Crippen LogP contribution in [0.2, 0.25) is 0 Å². The highest BCUT2D eigenvalue weighted by molar-refractivity contribution is 7.00. The SMILES string of the molecule is Cc1cc2c3c(c1)N(c1cc4c(cc1C)C(C)(C)CCC4(C)C)c1c(ccc4oc5cc6c(cc5c14)C(C)(C)CCC6(C)C)B3c1cc3c(cc1N2c1ccc2c(c1)C(C)(C)c1ccccc1C2(C)C)C(C)(C)c1ccccc1C3(C)C. The lowest BCUT2D eigenvalue weighted by Crippen LogP contribution is -2.62. The average Bonchev–Trinajstić information content (AvgIpc) is 1.12. The van der Waals surface area contributed by atoms with Crippen molar-refractivity contribution in [3.8, 4) is 0 Å². The fraction of sp³-hybridized carbons (Fsp3) is 0.385. The zero-order valence-electron chi connectivity index (χ0n) is 52.3. The molecule has 0 unspecified atom stereocenters. The molecule has 0 radical (unpaired) electrons. The number of aryl methyl sites for hydroxylation is 2. The molecule has 0 spiro atoms. The quantitative estimate of drug-likeness (QED) is 0.161. The molecule has 0 N–H and O–H groups in total. The van der Waals surface area contributed by atoms with Gasteiger partial charge in [-0.1, -0.05) is 184 Å². The Hall–Kier alpha value is -6.78. The van der Waals surface area contributed by atoms with Crippen LogP contribution in [-0.2, 0) is 43.3 Å². The Bertz CT molecular complexity index is 4340. The standard InChI is InChI=1S/C78H83BN2O/c1-44-35-64-69-65(36-44)81(62-41-55-53(37-45(62)2)71(3,4)31-33-73(55,7)8)70-60(29-30-66-68(70)47-39-54-56(43-67(47)82-66)74(9,10)34-32-72(54,5)6)79(69)61-40-58-59(78(17,18)51-26-22-21-25-50(51)77(58,15)16)42-63(61)80(64)46-27-28-52-57(38-46)76(13,14)49-24-20-19-23-48(49)75(52,11)12/h19-30,35-43H,31-34H2,1-18H3. The Morgan fingerprint density at radius 3 is 1.38 bits per heavy atom. The summed E-state index contributed by atoms with van der Waals surface area (Å²) in [6.45, 7) is 44.0. The number of benzene rings is 8. The molecule has 2 aliphatic heterocycles. The molecule has 9 aromatic rings. The minimum atomic E-state index is -0.249. The predicted molar refractivity (Wildman–Crippen MR) is 349 cm³/mol. The summed E-state index contributed by atoms with van der Waals surface area (Å²) < 4.78 is 7.30. The topological polar surface area (TPSA) is 19.6 Å². The molecule has 15 rings (SSSR count). The molecule has 4 aliphatic carbocycles. The third kappa shape index (κ3) is 6.67. The van der Waals surface area contributed by atoms with Gasteiger partial charge in [0, 0.05) is 55.5 Å². The number of fused-ring (bicyclic) bond motifs is 14. The maximum absolute atomic E-state index is 7.30. The maximum atomic E-state index is 7.30. The molecule has 6 aliphatic rings. The van der Waals surface area contributed by atoms with Crippen LogP contribution in [0.25, 0.3) is 21.9 Å². The van der Waals surface area contributed by atoms with Crippen LogP contribution < -0.4 is 26.2 Å². The normalized spacial score (nSPS) is 20.6. The molecule has 1 aromatic heterocycles. The fourth-order valence-corrected chi connectivity index (χ4v) is 17.6. The second-order valence-electron chi connectivity index (χ2n) is 31.2. The van der Waals surface area contributed by atoms with Crippen molar-refractivity contribution in [1.82, 2.24) is 0 Å². The second kappa shape index (κ2) is 16.1. The lowest BCUT2D eigenvalue weighted by atomic mass is 9.33. The van der Waals surface area contributed by atoms with E-state index in [1.807, 2.05) is 0 Å². The van der Waals surface area contributed by atoms with Gasteiger partial charge in [0.15, 0.2) is 0 Å². The minimum absolute atomic E-state index is 0.00954. The highest BCUT2D eigenvalue weighted by atomic mass is 16.3. The number of rotatable bonds is 2. The third-order valence-corrected chi connectivity index (χ3v) is 22.8. The second-order valence-corrected chi connectivity index (χ2v) is 31.2. The molecular formula is C78H83BN2O. The van der Waals surface area contributed by atoms with Crippen LogP contribution in [-0.4, -0.2) is 6.71 Å². The first-order valence-electron chi connectivity index (χ1n) is 31.0. The van der Waals surface area contributed by atoms with Crippen molar-refractivity contribution in [3.63, 3.8) is 0 Å². The molecule has 8 aromatic carbocycles. The zero-order valence-corrected chi connectivity index (χ0v) is 52.3. The Kier molecular flexibility index (Phi) is 10.2. The summed E-state index contributed by atoms with van der Waals surface area (Å²) in [6.07, 6.45) is 4.63. The van der Waals surface area contributed by atoms with Gasteiger partial charge >= 0.3 is 0 Å². The molecule has 0 fully saturated rings. The Labute approximate surface area is 489 Å². The van der Waals surface area contributed by atoms with Gasteiger partial charge in [-0.25, -0.2) is 0 Å². The minimum Gasteiger partial charge on any atom is -0.456 e. The molecule has 0 saturated heterocycles. The predicted octanol–water partition coefficient (Wildman–Crippen LogP) is 18.9. The molecule has 414 valence electrons. The first-order chi connectivity index (χ1) is 38.5. The summed E-state index contributed by atoms with van der Waals surface area (Å²) in [5.74, 6) is 0. The van der Waals surface area contributed by atoms with Crippen molar-refractivity contribution in [3.05, 3.63) is 205 Å². The van der Waals surface area contributed by atoms with E-state index in [4.69, 9.17) is 4.42 Å². The summed E-state index contributed by atoms with van der Waals surface area (Å²) in [5.41, 5.74) is 32.5. The van der Waals surface area contributed by atoms with Crippen LogP contribution in [0.15, 0.2) is 132 Å². The van der Waals surface area contributed by atoms with Crippen LogP contribution in [0.3, 0.4) is 0 Å². The van der Waals surface area contributed by atoms with Crippen molar-refractivity contribution in [2.24, 2.45) is 0 Å². The summed E-state index contributed by atoms with van der Waals surface area (Å²) in [6, 6.07) is 51.5. The average molecular weight is 1080 g/mol. The summed E-state index contributed by atoms with van der Waals surface area (Å²) in [5, 5.41) is 2.44. The van der Waals surface area contributed by atoms with Gasteiger partial charge < -0.3 is 14.2 Å². The monoisotopic (exact) mass is 1070 g/mol. The number of anilines is 6. The van der Waals surface area contributed by atoms with Crippen LogP contribution in [0.1, 0.15) is 214 Å². The molecule has 0 saturated carbocycles. The highest BCUT2D eigenvalue weighted by Crippen LogP contribution is 2.58. The lowest BCUT2D eigenvalue weighted by Gasteiger charge is -2.49. The van der Waals surface area contributed by atoms with Crippen LogP contribution in [0.5, 0.6) is 0 Å². The molecule has 3 heterocycles. The van der Waals surface area contributed by atoms with E-state index in [0.29, 0.717) is 0 Å². The van der Waals surface area contributed by atoms with E-state index >= 15 is 0 Å². The molecular weight excluding hydrogens is 992 g/mol. The summed E-state index contributed by atoms with van der Waals surface area (Å²) in [4.78, 5) is 5.46. The first kappa shape index (κ1) is 52.1. The first-order valence-corrected chi connectivity index (χ1v) is 31.0. The van der Waals surface area contributed by atoms with Crippen LogP contribution in [0, 0.1) is 13.8 Å². The van der Waals surface area contributed by atoms with Gasteiger partial charge in [0.1, 0.15) is 11.2 Å². The largest absolute Gasteiger partial charge is 0.456 e. The van der Waals surface area contributed by atoms with Crippen molar-refractivity contribution >= 4 is 79.2 Å². The van der Waals surface area contributed by atoms with Gasteiger partial charge in [-0.15, -0.1) is 0 Å². The van der Waals surface area contributed by atoms with E-state index in [0.717, 1.165) is 30.4 Å². The Morgan fingerprint density at radius 2 is 0.817 bits per heavy atom. The number of hydrogen-bond donors (Lipinski definition) is 0. The van der Waals surface area contributed by atoms with Crippen LogP contribution in [0.4, 0.5) is 34.1 Å². The molecule has 0 bridgehead atoms. The van der Waals surface area contributed by atoms with Gasteiger partial charge in [0.2, 0.25) is 0 Å². The molecule has 3 nitrogen and oxygen atoms in total. The van der Waals surface area contributed by atoms with Gasteiger partial charge in [0.05, 0.1) is 11.1 Å². The van der Waals surface area contributed by atoms with E-state index in [-0.39, 0.29) is 50.0 Å². The number of furan rings is 1. The van der Waals surface area contributed by atoms with Gasteiger partial charge in [0.25, 0.3) is 6.71 Å². The molecule has 0 atom stereocenters. The van der Waals surface area contributed by atoms with Crippen molar-refractivity contribution in [1.29, 1.82) is 0 Å². The smallest absolute Gasteiger partial charge is 0.252 e. The maximum Gasteiger partial charge on any atom is 0.252 e. The van der Waals surface area contributed by atoms with Crippen molar-refractivity contribution in [2.45, 2.75) is 194 Å². The van der Waals surface area contributed by atoms with Gasteiger partial charge in [-0.05, 0) is 210 Å². The summed E-state index contributed by atoms with van der Waals surface area (Å²) in [7, 11) is 0. The van der Waals surface area contributed by atoms with E-state index in [1.165, 1.54) is 146 Å². The van der Waals surface area contributed by atoms with Crippen LogP contribution >= 0.6 is 0 Å². The number of hydrogen-bond acceptors (Lipinski definition) is 3. The molecule has 4 heteroatoms. The Balaban J connectivity index is 1.09. The van der Waals surface area contributed by atoms with Crippen molar-refractivity contribution < 1.29 is 4.42 Å². The van der Waals surface area contributed by atoms with E-state index < -0.39 is 0 Å². The lowest BCUT2D eigenvalue weighted by molar-refractivity contribution is 0.332. The fourth-order valence-electron chi connectivity index (χ4n) is 17.6. The van der Waals surface area contributed by atoms with Gasteiger partial charge in [-0.3, -0.25) is 0 Å². The highest BCUT2D eigenvalue weighted by Gasteiger charge is 2.51. The van der Waals surface area contributed by atoms with Crippen molar-refractivity contribution in [2.75, 3.05) is 9.80 Å². The van der Waals surface area contributed by atoms with E-state index in [9.17, 15) is 0 Å². The Morgan fingerprint density at radius 1 is 0.366 bits per heavy atom. The molecule has 82 heavy (non-hydrogen) atoms. The summed E-state index contributed by atoms with van der Waals surface area (Å²) >= 11 is 0. The molecule has 0 amide bonds. The number of nitrogens with zero attached hydrogens (tertiary/aromatic N) is 2.